The van der Waals surface area contributed by atoms with Crippen LogP contribution >= 0.6 is 7.60 Å². The van der Waals surface area contributed by atoms with Gasteiger partial charge in [0.1, 0.15) is 0 Å². The third kappa shape index (κ3) is 35.5. The minimum atomic E-state index is -3.78. The van der Waals surface area contributed by atoms with Gasteiger partial charge < -0.3 is 9.79 Å². The van der Waals surface area contributed by atoms with Gasteiger partial charge in [0.25, 0.3) is 0 Å². The summed E-state index contributed by atoms with van der Waals surface area (Å²) < 4.78 is 10.8. The van der Waals surface area contributed by atoms with Crippen molar-refractivity contribution in [3.63, 3.8) is 0 Å². The number of aliphatic imine (C=N–C) groups is 1. The van der Waals surface area contributed by atoms with E-state index < -0.39 is 7.60 Å². The number of isocyanates is 1. The summed E-state index contributed by atoms with van der Waals surface area (Å²) in [6, 6.07) is 0. The lowest BCUT2D eigenvalue weighted by atomic mass is 10.0. The zero-order valence-electron chi connectivity index (χ0n) is 25.0. The van der Waals surface area contributed by atoms with Crippen molar-refractivity contribution >= 4 is 13.7 Å². The average molecular weight is 558 g/mol. The highest BCUT2D eigenvalue weighted by Gasteiger charge is 2.10. The zero-order valence-corrected chi connectivity index (χ0v) is 25.9. The summed E-state index contributed by atoms with van der Waals surface area (Å²) in [5.74, 6) is 0. The summed E-state index contributed by atoms with van der Waals surface area (Å²) in [7, 11) is -3.78. The van der Waals surface area contributed by atoms with Crippen LogP contribution in [-0.2, 0) is 9.36 Å². The first-order chi connectivity index (χ1) is 18.6. The van der Waals surface area contributed by atoms with Crippen molar-refractivity contribution in [2.24, 2.45) is 4.99 Å². The molecule has 0 fully saturated rings. The van der Waals surface area contributed by atoms with E-state index in [2.05, 4.69) is 4.99 Å². The summed E-state index contributed by atoms with van der Waals surface area (Å²) in [5, 5.41) is 0. The van der Waals surface area contributed by atoms with E-state index in [1.807, 2.05) is 0 Å². The fraction of sp³-hybridized carbons (Fsp3) is 0.969. The van der Waals surface area contributed by atoms with Crippen molar-refractivity contribution in [2.75, 3.05) is 12.7 Å². The number of nitrogens with zero attached hydrogens (tertiary/aromatic N) is 1. The van der Waals surface area contributed by atoms with Crippen molar-refractivity contribution in [3.05, 3.63) is 0 Å². The molecule has 0 aromatic heterocycles. The number of hydrogen-bond donors (Lipinski definition) is 2. The molecular weight excluding hydrogens is 493 g/mol. The van der Waals surface area contributed by atoms with Gasteiger partial charge in [-0.25, -0.2) is 9.79 Å². The highest BCUT2D eigenvalue weighted by atomic mass is 31.2. The third-order valence-electron chi connectivity index (χ3n) is 7.78. The summed E-state index contributed by atoms with van der Waals surface area (Å²) in [6.45, 7) is 0.658. The fourth-order valence-corrected chi connectivity index (χ4v) is 5.96. The molecule has 0 aliphatic carbocycles. The molecule has 0 unspecified atom stereocenters. The highest BCUT2D eigenvalue weighted by molar-refractivity contribution is 7.51. The molecule has 0 radical (unpaired) electrons. The van der Waals surface area contributed by atoms with E-state index in [9.17, 15) is 9.36 Å². The predicted molar refractivity (Wildman–Crippen MR) is 164 cm³/mol. The molecule has 0 heterocycles. The maximum absolute atomic E-state index is 10.8. The van der Waals surface area contributed by atoms with Crippen LogP contribution in [0.4, 0.5) is 0 Å². The summed E-state index contributed by atoms with van der Waals surface area (Å²) in [5.41, 5.74) is 0. The SMILES string of the molecule is O=C=NCCCCCCCCCCCCCCCCCCCCCCCCCCCCCCCP(=O)(O)O. The quantitative estimate of drug-likeness (QED) is 0.0373. The summed E-state index contributed by atoms with van der Waals surface area (Å²) >= 11 is 0. The Morgan fingerprint density at radius 1 is 0.395 bits per heavy atom. The molecule has 0 bridgehead atoms. The Balaban J connectivity index is 3.05. The molecule has 0 aliphatic heterocycles. The van der Waals surface area contributed by atoms with Gasteiger partial charge in [-0.05, 0) is 12.8 Å². The Kier molecular flexibility index (Phi) is 30.7. The third-order valence-corrected chi connectivity index (χ3v) is 8.68. The Morgan fingerprint density at radius 3 is 0.816 bits per heavy atom. The molecule has 0 saturated carbocycles. The van der Waals surface area contributed by atoms with Crippen LogP contribution in [0.3, 0.4) is 0 Å². The molecule has 2 N–H and O–H groups in total. The largest absolute Gasteiger partial charge is 0.325 e. The molecule has 226 valence electrons. The second kappa shape index (κ2) is 31.1. The van der Waals surface area contributed by atoms with Crippen LogP contribution < -0.4 is 0 Å². The first-order valence-corrected chi connectivity index (χ1v) is 18.4. The van der Waals surface area contributed by atoms with Crippen LogP contribution in [0.1, 0.15) is 186 Å². The normalized spacial score (nSPS) is 11.6. The Morgan fingerprint density at radius 2 is 0.605 bits per heavy atom. The second-order valence-corrected chi connectivity index (χ2v) is 13.4. The number of hydrogen-bond acceptors (Lipinski definition) is 3. The molecule has 0 amide bonds. The minimum Gasteiger partial charge on any atom is -0.324 e. The monoisotopic (exact) mass is 557 g/mol. The predicted octanol–water partition coefficient (Wildman–Crippen LogP) is 10.8. The Labute approximate surface area is 236 Å². The van der Waals surface area contributed by atoms with Gasteiger partial charge in [0, 0.05) is 6.16 Å². The van der Waals surface area contributed by atoms with Gasteiger partial charge >= 0.3 is 7.60 Å². The van der Waals surface area contributed by atoms with Crippen LogP contribution in [0.15, 0.2) is 4.99 Å². The molecule has 0 aromatic carbocycles. The van der Waals surface area contributed by atoms with Crippen molar-refractivity contribution in [1.82, 2.24) is 0 Å². The Bertz CT molecular complexity index is 560. The lowest BCUT2D eigenvalue weighted by molar-refractivity contribution is 0.370. The molecule has 0 saturated heterocycles. The smallest absolute Gasteiger partial charge is 0.324 e. The minimum absolute atomic E-state index is 0.0554. The van der Waals surface area contributed by atoms with Crippen LogP contribution in [0.25, 0.3) is 0 Å². The van der Waals surface area contributed by atoms with Gasteiger partial charge in [-0.1, -0.05) is 173 Å². The van der Waals surface area contributed by atoms with Gasteiger partial charge in [-0.2, -0.15) is 0 Å². The van der Waals surface area contributed by atoms with E-state index in [1.54, 1.807) is 6.08 Å². The van der Waals surface area contributed by atoms with Crippen LogP contribution in [0, 0.1) is 0 Å². The summed E-state index contributed by atoms with van der Waals surface area (Å²) in [6.07, 6.45) is 39.9. The summed E-state index contributed by atoms with van der Waals surface area (Å²) in [4.78, 5) is 31.2. The number of rotatable bonds is 32. The lowest BCUT2D eigenvalue weighted by Crippen LogP contribution is -1.88. The zero-order chi connectivity index (χ0) is 27.8. The van der Waals surface area contributed by atoms with E-state index in [-0.39, 0.29) is 6.16 Å². The van der Waals surface area contributed by atoms with E-state index >= 15 is 0 Å². The second-order valence-electron chi connectivity index (χ2n) is 11.6. The van der Waals surface area contributed by atoms with Crippen molar-refractivity contribution in [1.29, 1.82) is 0 Å². The highest BCUT2D eigenvalue weighted by Crippen LogP contribution is 2.35. The van der Waals surface area contributed by atoms with E-state index in [0.29, 0.717) is 13.0 Å². The molecule has 5 nitrogen and oxygen atoms in total. The molecule has 38 heavy (non-hydrogen) atoms. The fourth-order valence-electron chi connectivity index (χ4n) is 5.33. The maximum Gasteiger partial charge on any atom is 0.325 e. The molecule has 0 rings (SSSR count). The van der Waals surface area contributed by atoms with Crippen LogP contribution in [0.5, 0.6) is 0 Å². The lowest BCUT2D eigenvalue weighted by Gasteiger charge is -2.05. The standard InChI is InChI=1S/C32H64NO4P/c34-32-33-30-28-26-24-22-20-18-16-14-12-10-8-6-4-2-1-3-5-7-9-11-13-15-17-19-21-23-25-27-29-31-38(35,36)37/h1-31H2,(H2,35,36,37). The number of carbonyl (C=O) groups excluding carboxylic acids is 1. The number of unbranched alkanes of at least 4 members (excludes halogenated alkanes) is 28. The van der Waals surface area contributed by atoms with Gasteiger partial charge in [0.2, 0.25) is 6.08 Å². The van der Waals surface area contributed by atoms with Crippen molar-refractivity contribution in [3.8, 4) is 0 Å². The maximum atomic E-state index is 10.8. The molecule has 0 aromatic rings. The van der Waals surface area contributed by atoms with Crippen LogP contribution in [-0.4, -0.2) is 28.6 Å². The molecular formula is C32H64NO4P. The van der Waals surface area contributed by atoms with E-state index in [4.69, 9.17) is 9.79 Å². The van der Waals surface area contributed by atoms with E-state index in [1.165, 1.54) is 161 Å². The van der Waals surface area contributed by atoms with Gasteiger partial charge in [0.15, 0.2) is 0 Å². The van der Waals surface area contributed by atoms with Crippen molar-refractivity contribution in [2.45, 2.75) is 186 Å². The molecule has 0 atom stereocenters. The first kappa shape index (κ1) is 37.5. The van der Waals surface area contributed by atoms with Crippen LogP contribution in [0.2, 0.25) is 0 Å². The molecule has 0 spiro atoms. The van der Waals surface area contributed by atoms with Gasteiger partial charge in [0.05, 0.1) is 6.54 Å². The molecule has 6 heteroatoms. The first-order valence-electron chi connectivity index (χ1n) is 16.6. The van der Waals surface area contributed by atoms with Gasteiger partial charge in [-0.3, -0.25) is 4.57 Å². The van der Waals surface area contributed by atoms with Crippen molar-refractivity contribution < 1.29 is 19.1 Å². The van der Waals surface area contributed by atoms with E-state index in [0.717, 1.165) is 19.3 Å². The molecule has 0 aliphatic rings. The van der Waals surface area contributed by atoms with Gasteiger partial charge in [-0.15, -0.1) is 0 Å². The Hall–Kier alpha value is -0.470. The topological polar surface area (TPSA) is 87.0 Å². The average Bonchev–Trinajstić information content (AvgIpc) is 2.88.